The highest BCUT2D eigenvalue weighted by molar-refractivity contribution is 9.10. The van der Waals surface area contributed by atoms with Gasteiger partial charge in [-0.05, 0) is 29.3 Å². The summed E-state index contributed by atoms with van der Waals surface area (Å²) in [5.74, 6) is 1.58. The molecule has 1 N–H and O–H groups in total. The van der Waals surface area contributed by atoms with E-state index in [9.17, 15) is 0 Å². The summed E-state index contributed by atoms with van der Waals surface area (Å²) in [7, 11) is 3.88. The molecule has 1 rings (SSSR count). The number of aromatic nitrogens is 2. The van der Waals surface area contributed by atoms with Crippen molar-refractivity contribution < 1.29 is 0 Å². The van der Waals surface area contributed by atoms with Gasteiger partial charge in [0.15, 0.2) is 0 Å². The minimum atomic E-state index is 0.473. The zero-order chi connectivity index (χ0) is 12.1. The molecule has 0 aromatic carbocycles. The van der Waals surface area contributed by atoms with Crippen molar-refractivity contribution in [2.24, 2.45) is 0 Å². The molecule has 1 aromatic heterocycles. The van der Waals surface area contributed by atoms with Crippen LogP contribution in [0.2, 0.25) is 0 Å². The third-order valence-corrected chi connectivity index (χ3v) is 3.21. The lowest BCUT2D eigenvalue weighted by Crippen LogP contribution is -2.30. The van der Waals surface area contributed by atoms with Crippen LogP contribution in [-0.4, -0.2) is 30.1 Å². The zero-order valence-corrected chi connectivity index (χ0v) is 11.9. The van der Waals surface area contributed by atoms with Gasteiger partial charge in [0.1, 0.15) is 5.82 Å². The van der Waals surface area contributed by atoms with Gasteiger partial charge in [-0.3, -0.25) is 0 Å². The van der Waals surface area contributed by atoms with E-state index in [-0.39, 0.29) is 0 Å². The number of nitrogens with zero attached hydrogens (tertiary/aromatic N) is 3. The van der Waals surface area contributed by atoms with Crippen LogP contribution in [0.25, 0.3) is 0 Å². The van der Waals surface area contributed by atoms with Crippen LogP contribution in [0.3, 0.4) is 0 Å². The van der Waals surface area contributed by atoms with Gasteiger partial charge in [-0.1, -0.05) is 13.3 Å². The number of nitrogens with one attached hydrogen (secondary N) is 1. The molecule has 0 aliphatic rings. The Balaban J connectivity index is 2.92. The second-order valence-corrected chi connectivity index (χ2v) is 4.72. The molecule has 1 aromatic rings. The van der Waals surface area contributed by atoms with Crippen LogP contribution >= 0.6 is 15.9 Å². The molecule has 0 radical (unpaired) electrons. The van der Waals surface area contributed by atoms with E-state index >= 15 is 0 Å². The molecule has 0 aliphatic carbocycles. The van der Waals surface area contributed by atoms with Gasteiger partial charge >= 0.3 is 0 Å². The molecule has 4 nitrogen and oxygen atoms in total. The standard InChI is InChI=1S/C11H19BrN4/c1-5-6-8(2)16(4)10-9(12)7-14-11(13-3)15-10/h7-8H,5-6H2,1-4H3,(H,13,14,15). The average Bonchev–Trinajstić information content (AvgIpc) is 2.29. The number of rotatable bonds is 5. The molecule has 0 spiro atoms. The van der Waals surface area contributed by atoms with E-state index in [4.69, 9.17) is 0 Å². The van der Waals surface area contributed by atoms with Crippen LogP contribution in [0.1, 0.15) is 26.7 Å². The molecule has 16 heavy (non-hydrogen) atoms. The van der Waals surface area contributed by atoms with Gasteiger partial charge in [0, 0.05) is 26.3 Å². The molecular formula is C11H19BrN4. The maximum absolute atomic E-state index is 4.45. The summed E-state index contributed by atoms with van der Waals surface area (Å²) in [4.78, 5) is 10.8. The quantitative estimate of drug-likeness (QED) is 0.904. The van der Waals surface area contributed by atoms with Crippen molar-refractivity contribution in [1.82, 2.24) is 9.97 Å². The van der Waals surface area contributed by atoms with E-state index in [1.165, 1.54) is 6.42 Å². The minimum Gasteiger partial charge on any atom is -0.357 e. The third-order valence-electron chi connectivity index (χ3n) is 2.65. The van der Waals surface area contributed by atoms with Crippen molar-refractivity contribution in [1.29, 1.82) is 0 Å². The van der Waals surface area contributed by atoms with Crippen LogP contribution in [0.5, 0.6) is 0 Å². The van der Waals surface area contributed by atoms with Crippen LogP contribution in [0, 0.1) is 0 Å². The fourth-order valence-electron chi connectivity index (χ4n) is 1.55. The average molecular weight is 287 g/mol. The molecule has 0 fully saturated rings. The van der Waals surface area contributed by atoms with Crippen molar-refractivity contribution in [2.75, 3.05) is 24.3 Å². The number of anilines is 2. The molecule has 0 saturated heterocycles. The van der Waals surface area contributed by atoms with Gasteiger partial charge < -0.3 is 10.2 Å². The Morgan fingerprint density at radius 3 is 2.81 bits per heavy atom. The first-order chi connectivity index (χ1) is 7.60. The van der Waals surface area contributed by atoms with E-state index in [1.807, 2.05) is 7.05 Å². The lowest BCUT2D eigenvalue weighted by molar-refractivity contribution is 0.610. The molecule has 1 unspecified atom stereocenters. The highest BCUT2D eigenvalue weighted by atomic mass is 79.9. The predicted octanol–water partition coefficient (Wildman–Crippen LogP) is 2.91. The Morgan fingerprint density at radius 1 is 1.56 bits per heavy atom. The van der Waals surface area contributed by atoms with Crippen molar-refractivity contribution in [3.8, 4) is 0 Å². The van der Waals surface area contributed by atoms with Gasteiger partial charge in [-0.25, -0.2) is 4.98 Å². The first-order valence-electron chi connectivity index (χ1n) is 5.53. The Kier molecular flexibility index (Phi) is 4.99. The summed E-state index contributed by atoms with van der Waals surface area (Å²) in [5, 5.41) is 2.95. The Hall–Kier alpha value is -0.840. The zero-order valence-electron chi connectivity index (χ0n) is 10.3. The first-order valence-corrected chi connectivity index (χ1v) is 6.32. The Labute approximate surface area is 106 Å². The molecular weight excluding hydrogens is 268 g/mol. The van der Waals surface area contributed by atoms with Gasteiger partial charge in [0.2, 0.25) is 5.95 Å². The number of halogens is 1. The topological polar surface area (TPSA) is 41.1 Å². The summed E-state index contributed by atoms with van der Waals surface area (Å²) < 4.78 is 0.928. The molecule has 0 aliphatic heterocycles. The van der Waals surface area contributed by atoms with E-state index in [2.05, 4.69) is 57.0 Å². The normalized spacial score (nSPS) is 12.3. The van der Waals surface area contributed by atoms with Crippen molar-refractivity contribution in [3.05, 3.63) is 10.7 Å². The maximum atomic E-state index is 4.45. The molecule has 0 bridgehead atoms. The van der Waals surface area contributed by atoms with Crippen LogP contribution < -0.4 is 10.2 Å². The smallest absolute Gasteiger partial charge is 0.224 e. The SMILES string of the molecule is CCCC(C)N(C)c1nc(NC)ncc1Br. The Bertz CT molecular complexity index is 343. The van der Waals surface area contributed by atoms with E-state index in [0.29, 0.717) is 12.0 Å². The van der Waals surface area contributed by atoms with Gasteiger partial charge in [0.05, 0.1) is 4.47 Å². The van der Waals surface area contributed by atoms with E-state index in [0.717, 1.165) is 16.7 Å². The van der Waals surface area contributed by atoms with Gasteiger partial charge in [-0.15, -0.1) is 0 Å². The predicted molar refractivity (Wildman–Crippen MR) is 72.1 cm³/mol. The molecule has 1 heterocycles. The van der Waals surface area contributed by atoms with E-state index in [1.54, 1.807) is 6.20 Å². The highest BCUT2D eigenvalue weighted by Crippen LogP contribution is 2.25. The van der Waals surface area contributed by atoms with E-state index < -0.39 is 0 Å². The van der Waals surface area contributed by atoms with Crippen molar-refractivity contribution in [3.63, 3.8) is 0 Å². The molecule has 5 heteroatoms. The second-order valence-electron chi connectivity index (χ2n) is 3.86. The Morgan fingerprint density at radius 2 is 2.25 bits per heavy atom. The maximum Gasteiger partial charge on any atom is 0.224 e. The largest absolute Gasteiger partial charge is 0.357 e. The number of hydrogen-bond acceptors (Lipinski definition) is 4. The summed E-state index contributed by atoms with van der Waals surface area (Å²) in [6.45, 7) is 4.40. The van der Waals surface area contributed by atoms with Crippen LogP contribution in [0.4, 0.5) is 11.8 Å². The fourth-order valence-corrected chi connectivity index (χ4v) is 2.02. The van der Waals surface area contributed by atoms with Gasteiger partial charge in [-0.2, -0.15) is 4.98 Å². The monoisotopic (exact) mass is 286 g/mol. The lowest BCUT2D eigenvalue weighted by Gasteiger charge is -2.26. The second kappa shape index (κ2) is 6.03. The summed E-state index contributed by atoms with van der Waals surface area (Å²) in [5.41, 5.74) is 0. The highest BCUT2D eigenvalue weighted by Gasteiger charge is 2.14. The number of hydrogen-bond donors (Lipinski definition) is 1. The third kappa shape index (κ3) is 3.07. The molecule has 90 valence electrons. The molecule has 0 saturated carbocycles. The molecule has 1 atom stereocenters. The van der Waals surface area contributed by atoms with Crippen molar-refractivity contribution in [2.45, 2.75) is 32.7 Å². The summed E-state index contributed by atoms with van der Waals surface area (Å²) in [6.07, 6.45) is 4.11. The van der Waals surface area contributed by atoms with Crippen LogP contribution in [-0.2, 0) is 0 Å². The molecule has 0 amide bonds. The van der Waals surface area contributed by atoms with Gasteiger partial charge in [0.25, 0.3) is 0 Å². The first kappa shape index (κ1) is 13.2. The van der Waals surface area contributed by atoms with Crippen LogP contribution in [0.15, 0.2) is 10.7 Å². The fraction of sp³-hybridized carbons (Fsp3) is 0.636. The summed E-state index contributed by atoms with van der Waals surface area (Å²) >= 11 is 3.49. The van der Waals surface area contributed by atoms with Crippen molar-refractivity contribution >= 4 is 27.7 Å². The lowest BCUT2D eigenvalue weighted by atomic mass is 10.2. The minimum absolute atomic E-state index is 0.473. The summed E-state index contributed by atoms with van der Waals surface area (Å²) in [6, 6.07) is 0.473.